The highest BCUT2D eigenvalue weighted by Gasteiger charge is 2.29. The summed E-state index contributed by atoms with van der Waals surface area (Å²) in [5.41, 5.74) is 0. The molecule has 0 heterocycles. The molecule has 1 N–H and O–H groups in total. The van der Waals surface area contributed by atoms with Crippen molar-refractivity contribution >= 4 is 12.0 Å². The zero-order valence-corrected chi connectivity index (χ0v) is 13.3. The van der Waals surface area contributed by atoms with E-state index in [1.165, 1.54) is 20.6 Å². The van der Waals surface area contributed by atoms with E-state index in [0.29, 0.717) is 25.5 Å². The quantitative estimate of drug-likeness (QED) is 0.438. The number of nitrogens with one attached hydrogen (secondary N) is 1. The first kappa shape index (κ1) is 18.2. The van der Waals surface area contributed by atoms with E-state index in [1.807, 2.05) is 0 Å². The normalized spacial score (nSPS) is 16.4. The molecule has 124 valence electrons. The average molecular weight is 311 g/mol. The van der Waals surface area contributed by atoms with Crippen LogP contribution in [0.15, 0.2) is 0 Å². The fourth-order valence-corrected chi connectivity index (χ4v) is 2.62. The molecule has 1 fully saturated rings. The second-order valence-corrected chi connectivity index (χ2v) is 5.55. The highest BCUT2D eigenvalue weighted by Crippen LogP contribution is 2.28. The third-order valence-electron chi connectivity index (χ3n) is 3.85. The molecule has 0 radical (unpaired) electrons. The molecule has 0 aromatic rings. The van der Waals surface area contributed by atoms with Crippen LogP contribution in [0.1, 0.15) is 38.5 Å². The minimum absolute atomic E-state index is 0.313. The van der Waals surface area contributed by atoms with E-state index in [0.717, 1.165) is 30.6 Å². The monoisotopic (exact) mass is 311 g/mol. The summed E-state index contributed by atoms with van der Waals surface area (Å²) in [6.45, 7) is 0.683. The van der Waals surface area contributed by atoms with Crippen molar-refractivity contribution in [3.63, 3.8) is 0 Å². The SMILES string of the molecule is COCCNC(=O)OC(CC1CCCCC1)C(=O)N(C)C#N. The molecule has 7 heteroatoms. The summed E-state index contributed by atoms with van der Waals surface area (Å²) in [6, 6.07) is 0. The molecule has 0 bridgehead atoms. The molecule has 1 rings (SSSR count). The molecular formula is C15H25N3O4. The Morgan fingerprint density at radius 3 is 2.64 bits per heavy atom. The topological polar surface area (TPSA) is 91.7 Å². The molecule has 2 amide bonds. The number of carbonyl (C=O) groups is 2. The third kappa shape index (κ3) is 6.31. The Hall–Kier alpha value is -1.81. The third-order valence-corrected chi connectivity index (χ3v) is 3.85. The second kappa shape index (κ2) is 10.0. The molecule has 1 unspecified atom stereocenters. The van der Waals surface area contributed by atoms with Crippen LogP contribution in [0.3, 0.4) is 0 Å². The van der Waals surface area contributed by atoms with Gasteiger partial charge in [0.25, 0.3) is 5.91 Å². The van der Waals surface area contributed by atoms with Crippen molar-refractivity contribution in [3.05, 3.63) is 0 Å². The van der Waals surface area contributed by atoms with Crippen molar-refractivity contribution in [2.45, 2.75) is 44.6 Å². The van der Waals surface area contributed by atoms with E-state index in [-0.39, 0.29) is 0 Å². The highest BCUT2D eigenvalue weighted by molar-refractivity contribution is 5.84. The lowest BCUT2D eigenvalue weighted by molar-refractivity contribution is -0.137. The van der Waals surface area contributed by atoms with Gasteiger partial charge >= 0.3 is 6.09 Å². The Morgan fingerprint density at radius 2 is 2.05 bits per heavy atom. The number of hydrogen-bond donors (Lipinski definition) is 1. The molecule has 1 aliphatic rings. The molecule has 0 aromatic carbocycles. The summed E-state index contributed by atoms with van der Waals surface area (Å²) in [5, 5.41) is 11.4. The molecule has 0 aliphatic heterocycles. The lowest BCUT2D eigenvalue weighted by Crippen LogP contribution is -2.41. The van der Waals surface area contributed by atoms with E-state index in [9.17, 15) is 9.59 Å². The lowest BCUT2D eigenvalue weighted by atomic mass is 9.85. The van der Waals surface area contributed by atoms with Crippen LogP contribution in [-0.4, -0.2) is 50.3 Å². The van der Waals surface area contributed by atoms with Crippen molar-refractivity contribution in [2.24, 2.45) is 5.92 Å². The van der Waals surface area contributed by atoms with Gasteiger partial charge in [-0.3, -0.25) is 4.79 Å². The maximum Gasteiger partial charge on any atom is 0.408 e. The van der Waals surface area contributed by atoms with Gasteiger partial charge in [0.05, 0.1) is 6.61 Å². The van der Waals surface area contributed by atoms with Gasteiger partial charge in [0, 0.05) is 20.7 Å². The number of ether oxygens (including phenoxy) is 2. The molecule has 0 saturated heterocycles. The average Bonchev–Trinajstić information content (AvgIpc) is 2.54. The van der Waals surface area contributed by atoms with Gasteiger partial charge in [-0.05, 0) is 12.3 Å². The van der Waals surface area contributed by atoms with Gasteiger partial charge in [-0.1, -0.05) is 32.1 Å². The van der Waals surface area contributed by atoms with Gasteiger partial charge < -0.3 is 14.8 Å². The maximum absolute atomic E-state index is 12.2. The van der Waals surface area contributed by atoms with Crippen LogP contribution >= 0.6 is 0 Å². The molecule has 1 saturated carbocycles. The first-order chi connectivity index (χ1) is 10.6. The minimum Gasteiger partial charge on any atom is -0.436 e. The molecular weight excluding hydrogens is 286 g/mol. The van der Waals surface area contributed by atoms with Crippen LogP contribution in [-0.2, 0) is 14.3 Å². The largest absolute Gasteiger partial charge is 0.436 e. The number of nitriles is 1. The number of methoxy groups -OCH3 is 1. The van der Waals surface area contributed by atoms with Crippen LogP contribution in [0.4, 0.5) is 4.79 Å². The van der Waals surface area contributed by atoms with Gasteiger partial charge in [-0.25, -0.2) is 9.69 Å². The Labute approximate surface area is 131 Å². The van der Waals surface area contributed by atoms with Crippen LogP contribution in [0, 0.1) is 17.4 Å². The Morgan fingerprint density at radius 1 is 1.36 bits per heavy atom. The van der Waals surface area contributed by atoms with Crippen LogP contribution in [0.5, 0.6) is 0 Å². The highest BCUT2D eigenvalue weighted by atomic mass is 16.6. The van der Waals surface area contributed by atoms with Crippen molar-refractivity contribution in [3.8, 4) is 6.19 Å². The summed E-state index contributed by atoms with van der Waals surface area (Å²) in [6.07, 6.45) is 6.24. The summed E-state index contributed by atoms with van der Waals surface area (Å²) in [7, 11) is 2.91. The number of carbonyl (C=O) groups excluding carboxylic acids is 2. The molecule has 7 nitrogen and oxygen atoms in total. The fraction of sp³-hybridized carbons (Fsp3) is 0.800. The number of nitrogens with zero attached hydrogens (tertiary/aromatic N) is 2. The first-order valence-electron chi connectivity index (χ1n) is 7.69. The Bertz CT molecular complexity index is 402. The first-order valence-corrected chi connectivity index (χ1v) is 7.69. The maximum atomic E-state index is 12.2. The standard InChI is InChI=1S/C15H25N3O4/c1-18(11-16)14(19)13(10-12-6-4-3-5-7-12)22-15(20)17-8-9-21-2/h12-13H,3-10H2,1-2H3,(H,17,20). The Balaban J connectivity index is 2.58. The zero-order chi connectivity index (χ0) is 16.4. The van der Waals surface area contributed by atoms with Crippen LogP contribution in [0.25, 0.3) is 0 Å². The lowest BCUT2D eigenvalue weighted by Gasteiger charge is -2.26. The molecule has 1 atom stereocenters. The van der Waals surface area contributed by atoms with E-state index >= 15 is 0 Å². The summed E-state index contributed by atoms with van der Waals surface area (Å²) >= 11 is 0. The van der Waals surface area contributed by atoms with Crippen LogP contribution < -0.4 is 5.32 Å². The fourth-order valence-electron chi connectivity index (χ4n) is 2.62. The zero-order valence-electron chi connectivity index (χ0n) is 13.3. The van der Waals surface area contributed by atoms with Crippen molar-refractivity contribution in [1.29, 1.82) is 5.26 Å². The molecule has 0 spiro atoms. The number of likely N-dealkylation sites (N-methyl/N-ethyl adjacent to an activating group) is 1. The number of hydrogen-bond acceptors (Lipinski definition) is 5. The summed E-state index contributed by atoms with van der Waals surface area (Å²) in [4.78, 5) is 24.8. The van der Waals surface area contributed by atoms with Crippen molar-refractivity contribution < 1.29 is 19.1 Å². The van der Waals surface area contributed by atoms with Crippen LogP contribution in [0.2, 0.25) is 0 Å². The van der Waals surface area contributed by atoms with Crippen molar-refractivity contribution in [1.82, 2.24) is 10.2 Å². The van der Waals surface area contributed by atoms with Gasteiger partial charge in [0.15, 0.2) is 12.3 Å². The minimum atomic E-state index is -0.907. The van der Waals surface area contributed by atoms with Gasteiger partial charge in [-0.15, -0.1) is 0 Å². The number of alkyl carbamates (subject to hydrolysis) is 1. The molecule has 22 heavy (non-hydrogen) atoms. The summed E-state index contributed by atoms with van der Waals surface area (Å²) in [5.74, 6) is -0.114. The van der Waals surface area contributed by atoms with E-state index < -0.39 is 18.1 Å². The predicted octanol–water partition coefficient (Wildman–Crippen LogP) is 1.64. The second-order valence-electron chi connectivity index (χ2n) is 5.55. The van der Waals surface area contributed by atoms with Gasteiger partial charge in [0.1, 0.15) is 0 Å². The van der Waals surface area contributed by atoms with E-state index in [1.54, 1.807) is 6.19 Å². The van der Waals surface area contributed by atoms with Gasteiger partial charge in [0.2, 0.25) is 0 Å². The molecule has 1 aliphatic carbocycles. The van der Waals surface area contributed by atoms with Gasteiger partial charge in [-0.2, -0.15) is 5.26 Å². The van der Waals surface area contributed by atoms with Crippen molar-refractivity contribution in [2.75, 3.05) is 27.3 Å². The number of amides is 2. The van der Waals surface area contributed by atoms with E-state index in [4.69, 9.17) is 14.7 Å². The Kier molecular flexibility index (Phi) is 8.30. The smallest absolute Gasteiger partial charge is 0.408 e. The predicted molar refractivity (Wildman–Crippen MR) is 79.7 cm³/mol. The summed E-state index contributed by atoms with van der Waals surface area (Å²) < 4.78 is 10.1. The van der Waals surface area contributed by atoms with E-state index in [2.05, 4.69) is 5.32 Å². The number of rotatable bonds is 7. The molecule has 0 aromatic heterocycles.